The van der Waals surface area contributed by atoms with Gasteiger partial charge in [-0.1, -0.05) is 20.8 Å². The summed E-state index contributed by atoms with van der Waals surface area (Å²) in [5, 5.41) is 0. The Hall–Kier alpha value is -0.860. The molecule has 0 radical (unpaired) electrons. The number of esters is 1. The first-order chi connectivity index (χ1) is 8.27. The highest BCUT2D eigenvalue weighted by Gasteiger charge is 2.41. The fourth-order valence-corrected chi connectivity index (χ4v) is 2.53. The Morgan fingerprint density at radius 3 is 2.56 bits per heavy atom. The van der Waals surface area contributed by atoms with E-state index in [1.54, 1.807) is 0 Å². The van der Waals surface area contributed by atoms with Gasteiger partial charge in [0.25, 0.3) is 0 Å². The molecular formula is C15H26O3. The van der Waals surface area contributed by atoms with Gasteiger partial charge in [-0.25, -0.2) is 0 Å². The first-order valence-corrected chi connectivity index (χ1v) is 7.03. The topological polar surface area (TPSA) is 43.4 Å². The minimum Gasteiger partial charge on any atom is -0.459 e. The zero-order valence-electron chi connectivity index (χ0n) is 12.3. The van der Waals surface area contributed by atoms with Crippen LogP contribution < -0.4 is 0 Å². The largest absolute Gasteiger partial charge is 0.459 e. The van der Waals surface area contributed by atoms with Crippen LogP contribution in [0.15, 0.2) is 0 Å². The number of hydrogen-bond donors (Lipinski definition) is 0. The molecule has 0 aliphatic heterocycles. The molecule has 0 amide bonds. The minimum absolute atomic E-state index is 0.0955. The predicted octanol–water partition coefficient (Wildman–Crippen LogP) is 3.36. The van der Waals surface area contributed by atoms with Crippen LogP contribution in [0.4, 0.5) is 0 Å². The number of ether oxygens (including phenoxy) is 1. The molecule has 0 aromatic carbocycles. The van der Waals surface area contributed by atoms with E-state index in [1.165, 1.54) is 0 Å². The van der Waals surface area contributed by atoms with Gasteiger partial charge in [0.15, 0.2) is 0 Å². The monoisotopic (exact) mass is 254 g/mol. The zero-order chi connectivity index (χ0) is 13.9. The van der Waals surface area contributed by atoms with Crippen molar-refractivity contribution in [2.45, 2.75) is 65.9 Å². The number of ketones is 1. The molecule has 1 fully saturated rings. The lowest BCUT2D eigenvalue weighted by molar-refractivity contribution is -0.169. The maximum Gasteiger partial charge on any atom is 0.309 e. The quantitative estimate of drug-likeness (QED) is 0.722. The minimum atomic E-state index is -0.669. The fourth-order valence-electron chi connectivity index (χ4n) is 2.53. The smallest absolute Gasteiger partial charge is 0.309 e. The summed E-state index contributed by atoms with van der Waals surface area (Å²) in [7, 11) is 0. The van der Waals surface area contributed by atoms with Crippen LogP contribution in [0.1, 0.15) is 60.3 Å². The van der Waals surface area contributed by atoms with Crippen molar-refractivity contribution in [2.24, 2.45) is 17.8 Å². The zero-order valence-corrected chi connectivity index (χ0v) is 12.3. The summed E-state index contributed by atoms with van der Waals surface area (Å²) in [6.07, 6.45) is 3.26. The summed E-state index contributed by atoms with van der Waals surface area (Å²) in [6, 6.07) is 0. The van der Waals surface area contributed by atoms with Crippen molar-refractivity contribution >= 4 is 11.8 Å². The van der Waals surface area contributed by atoms with Gasteiger partial charge in [-0.05, 0) is 39.0 Å². The Bertz CT molecular complexity index is 320. The van der Waals surface area contributed by atoms with E-state index in [0.717, 1.165) is 19.3 Å². The number of carbonyl (C=O) groups is 2. The van der Waals surface area contributed by atoms with E-state index in [9.17, 15) is 9.59 Å². The Morgan fingerprint density at radius 2 is 2.06 bits per heavy atom. The van der Waals surface area contributed by atoms with Gasteiger partial charge in [-0.2, -0.15) is 0 Å². The van der Waals surface area contributed by atoms with E-state index in [2.05, 4.69) is 6.92 Å². The SMILES string of the molecule is CCC(C)C(=O)OC(C)(C)C1CCC(C)CC1=O. The summed E-state index contributed by atoms with van der Waals surface area (Å²) in [6.45, 7) is 9.67. The van der Waals surface area contributed by atoms with Crippen LogP contribution in [0.5, 0.6) is 0 Å². The van der Waals surface area contributed by atoms with E-state index in [0.29, 0.717) is 12.3 Å². The van der Waals surface area contributed by atoms with Crippen molar-refractivity contribution in [3.63, 3.8) is 0 Å². The second kappa shape index (κ2) is 5.85. The highest BCUT2D eigenvalue weighted by atomic mass is 16.6. The second-order valence-corrected chi connectivity index (χ2v) is 6.24. The van der Waals surface area contributed by atoms with Crippen molar-refractivity contribution in [3.8, 4) is 0 Å². The second-order valence-electron chi connectivity index (χ2n) is 6.24. The van der Waals surface area contributed by atoms with E-state index in [1.807, 2.05) is 27.7 Å². The molecule has 1 aliphatic carbocycles. The lowest BCUT2D eigenvalue weighted by Crippen LogP contribution is -2.44. The molecule has 0 spiro atoms. The molecule has 104 valence electrons. The lowest BCUT2D eigenvalue weighted by atomic mass is 9.74. The first-order valence-electron chi connectivity index (χ1n) is 7.03. The van der Waals surface area contributed by atoms with Gasteiger partial charge in [0.05, 0.1) is 11.8 Å². The molecule has 0 aromatic heterocycles. The molecular weight excluding hydrogens is 228 g/mol. The molecule has 18 heavy (non-hydrogen) atoms. The number of rotatable bonds is 4. The van der Waals surface area contributed by atoms with Crippen LogP contribution in [0.25, 0.3) is 0 Å². The van der Waals surface area contributed by atoms with Crippen LogP contribution in [-0.2, 0) is 14.3 Å². The van der Waals surface area contributed by atoms with Gasteiger partial charge in [-0.3, -0.25) is 9.59 Å². The van der Waals surface area contributed by atoms with Crippen molar-refractivity contribution in [3.05, 3.63) is 0 Å². The molecule has 0 bridgehead atoms. The van der Waals surface area contributed by atoms with E-state index >= 15 is 0 Å². The Kier molecular flexibility index (Phi) is 4.94. The predicted molar refractivity (Wildman–Crippen MR) is 71.1 cm³/mol. The fraction of sp³-hybridized carbons (Fsp3) is 0.867. The summed E-state index contributed by atoms with van der Waals surface area (Å²) in [4.78, 5) is 24.0. The summed E-state index contributed by atoms with van der Waals surface area (Å²) in [5.41, 5.74) is -0.669. The Labute approximate surface area is 110 Å². The molecule has 0 saturated heterocycles. The van der Waals surface area contributed by atoms with Gasteiger partial charge in [0.2, 0.25) is 0 Å². The Balaban J connectivity index is 2.68. The third kappa shape index (κ3) is 3.56. The van der Waals surface area contributed by atoms with Crippen LogP contribution in [-0.4, -0.2) is 17.4 Å². The number of hydrogen-bond acceptors (Lipinski definition) is 3. The van der Waals surface area contributed by atoms with Gasteiger partial charge in [0.1, 0.15) is 11.4 Å². The van der Waals surface area contributed by atoms with Crippen LogP contribution in [0.2, 0.25) is 0 Å². The Morgan fingerprint density at radius 1 is 1.44 bits per heavy atom. The molecule has 3 heteroatoms. The average Bonchev–Trinajstić information content (AvgIpc) is 2.26. The van der Waals surface area contributed by atoms with Gasteiger partial charge in [0, 0.05) is 6.42 Å². The number of Topliss-reactive ketones (excluding diaryl/α,β-unsaturated/α-hetero) is 1. The molecule has 1 saturated carbocycles. The maximum absolute atomic E-state index is 12.1. The summed E-state index contributed by atoms with van der Waals surface area (Å²) >= 11 is 0. The highest BCUT2D eigenvalue weighted by Crippen LogP contribution is 2.35. The van der Waals surface area contributed by atoms with Crippen LogP contribution in [0.3, 0.4) is 0 Å². The van der Waals surface area contributed by atoms with E-state index in [4.69, 9.17) is 4.74 Å². The summed E-state index contributed by atoms with van der Waals surface area (Å²) in [5.74, 6) is 0.294. The normalized spacial score (nSPS) is 26.8. The van der Waals surface area contributed by atoms with E-state index < -0.39 is 5.60 Å². The maximum atomic E-state index is 12.1. The van der Waals surface area contributed by atoms with Crippen LogP contribution in [0, 0.1) is 17.8 Å². The average molecular weight is 254 g/mol. The van der Waals surface area contributed by atoms with Crippen LogP contribution >= 0.6 is 0 Å². The lowest BCUT2D eigenvalue weighted by Gasteiger charge is -2.37. The van der Waals surface area contributed by atoms with Crippen molar-refractivity contribution in [1.29, 1.82) is 0 Å². The van der Waals surface area contributed by atoms with Crippen molar-refractivity contribution in [1.82, 2.24) is 0 Å². The molecule has 3 nitrogen and oxygen atoms in total. The molecule has 0 N–H and O–H groups in total. The molecule has 3 unspecified atom stereocenters. The molecule has 0 aromatic rings. The molecule has 0 heterocycles. The molecule has 3 atom stereocenters. The molecule has 1 rings (SSSR count). The van der Waals surface area contributed by atoms with Gasteiger partial charge in [-0.15, -0.1) is 0 Å². The van der Waals surface area contributed by atoms with E-state index in [-0.39, 0.29) is 23.6 Å². The third-order valence-electron chi connectivity index (χ3n) is 4.10. The first kappa shape index (κ1) is 15.2. The number of carbonyl (C=O) groups excluding carboxylic acids is 2. The standard InChI is InChI=1S/C15H26O3/c1-6-11(3)14(17)18-15(4,5)12-8-7-10(2)9-13(12)16/h10-12H,6-9H2,1-5H3. The summed E-state index contributed by atoms with van der Waals surface area (Å²) < 4.78 is 5.58. The van der Waals surface area contributed by atoms with Gasteiger partial charge >= 0.3 is 5.97 Å². The molecule has 1 aliphatic rings. The highest BCUT2D eigenvalue weighted by molar-refractivity contribution is 5.83. The third-order valence-corrected chi connectivity index (χ3v) is 4.10. The van der Waals surface area contributed by atoms with Crippen molar-refractivity contribution < 1.29 is 14.3 Å². The van der Waals surface area contributed by atoms with Crippen molar-refractivity contribution in [2.75, 3.05) is 0 Å². The van der Waals surface area contributed by atoms with Gasteiger partial charge < -0.3 is 4.74 Å².